The van der Waals surface area contributed by atoms with Gasteiger partial charge in [-0.2, -0.15) is 21.6 Å². The van der Waals surface area contributed by atoms with Crippen LogP contribution < -0.4 is 0 Å². The molecule has 0 spiro atoms. The summed E-state index contributed by atoms with van der Waals surface area (Å²) >= 11 is 0. The van der Waals surface area contributed by atoms with Crippen LogP contribution in [0.3, 0.4) is 0 Å². The van der Waals surface area contributed by atoms with Gasteiger partial charge in [-0.05, 0) is 56.5 Å². The van der Waals surface area contributed by atoms with Crippen LogP contribution in [0.1, 0.15) is 45.7 Å². The maximum Gasteiger partial charge on any atom is 0.534 e. The van der Waals surface area contributed by atoms with Crippen LogP contribution >= 0.6 is 0 Å². The van der Waals surface area contributed by atoms with Gasteiger partial charge in [-0.3, -0.25) is 4.90 Å². The Bertz CT molecular complexity index is 1430. The number of benzene rings is 2. The molecule has 39 heavy (non-hydrogen) atoms. The highest BCUT2D eigenvalue weighted by atomic mass is 32.2. The first-order chi connectivity index (χ1) is 18.2. The Morgan fingerprint density at radius 1 is 1.13 bits per heavy atom. The number of alkyl halides is 3. The average molecular weight is 566 g/mol. The zero-order chi connectivity index (χ0) is 28.6. The summed E-state index contributed by atoms with van der Waals surface area (Å²) in [7, 11) is -5.92. The van der Waals surface area contributed by atoms with Crippen molar-refractivity contribution in [3.8, 4) is 0 Å². The summed E-state index contributed by atoms with van der Waals surface area (Å²) in [4.78, 5) is 14.9. The minimum Gasteiger partial charge on any atom is -0.444 e. The standard InChI is InChI=1S/C28H30F3NO6S/c1-18(21-14-9-11-19-10-5-6-12-22(19)21)32(26(33)37-27(2,3)4)17-20-16-25(38-39(34,35)28(29,30)31)23-13-7-8-15-24(23)36-20/h5-14,16,18,20,24H,15,17H2,1-4H3/t18-,20-,24?/m1/s1. The molecule has 2 aromatic rings. The van der Waals surface area contributed by atoms with E-state index in [0.717, 1.165) is 22.4 Å². The molecule has 2 aromatic carbocycles. The molecule has 1 heterocycles. The zero-order valence-corrected chi connectivity index (χ0v) is 22.8. The Kier molecular flexibility index (Phi) is 7.86. The van der Waals surface area contributed by atoms with Crippen LogP contribution in [-0.2, 0) is 23.8 Å². The molecule has 1 aliphatic heterocycles. The third kappa shape index (κ3) is 6.47. The van der Waals surface area contributed by atoms with E-state index in [4.69, 9.17) is 9.47 Å². The van der Waals surface area contributed by atoms with Gasteiger partial charge in [-0.15, -0.1) is 0 Å². The van der Waals surface area contributed by atoms with E-state index in [1.165, 1.54) is 11.0 Å². The maximum absolute atomic E-state index is 13.4. The summed E-state index contributed by atoms with van der Waals surface area (Å²) < 4.78 is 79.4. The van der Waals surface area contributed by atoms with Crippen molar-refractivity contribution in [2.75, 3.05) is 6.54 Å². The van der Waals surface area contributed by atoms with Gasteiger partial charge >= 0.3 is 21.7 Å². The van der Waals surface area contributed by atoms with Gasteiger partial charge in [-0.25, -0.2) is 4.79 Å². The van der Waals surface area contributed by atoms with Crippen molar-refractivity contribution >= 4 is 27.0 Å². The number of allylic oxidation sites excluding steroid dienone is 2. The average Bonchev–Trinajstić information content (AvgIpc) is 2.84. The van der Waals surface area contributed by atoms with E-state index in [0.29, 0.717) is 6.42 Å². The molecule has 0 saturated heterocycles. The van der Waals surface area contributed by atoms with E-state index < -0.39 is 51.3 Å². The van der Waals surface area contributed by atoms with Crippen molar-refractivity contribution in [1.82, 2.24) is 4.90 Å². The van der Waals surface area contributed by atoms with Crippen LogP contribution in [0.25, 0.3) is 10.8 Å². The molecule has 0 radical (unpaired) electrons. The Balaban J connectivity index is 1.72. The molecule has 11 heteroatoms. The van der Waals surface area contributed by atoms with E-state index >= 15 is 0 Å². The van der Waals surface area contributed by atoms with Crippen molar-refractivity contribution in [1.29, 1.82) is 0 Å². The monoisotopic (exact) mass is 565 g/mol. The fourth-order valence-corrected chi connectivity index (χ4v) is 5.00. The number of hydrogen-bond acceptors (Lipinski definition) is 6. The molecular weight excluding hydrogens is 535 g/mol. The SMILES string of the molecule is C[C@H](c1cccc2ccccc12)N(C[C@H]1C=C(OS(=O)(=O)C(F)(F)F)C2=CC=CCC2O1)C(=O)OC(C)(C)C. The predicted molar refractivity (Wildman–Crippen MR) is 140 cm³/mol. The highest BCUT2D eigenvalue weighted by Gasteiger charge is 2.50. The van der Waals surface area contributed by atoms with Gasteiger partial charge < -0.3 is 13.7 Å². The second-order valence-electron chi connectivity index (χ2n) is 10.3. The first-order valence-corrected chi connectivity index (χ1v) is 13.8. The Morgan fingerprint density at radius 3 is 2.51 bits per heavy atom. The van der Waals surface area contributed by atoms with E-state index in [1.807, 2.05) is 49.4 Å². The largest absolute Gasteiger partial charge is 0.534 e. The van der Waals surface area contributed by atoms with Gasteiger partial charge in [0, 0.05) is 5.57 Å². The minimum atomic E-state index is -5.92. The number of rotatable bonds is 6. The van der Waals surface area contributed by atoms with Crippen LogP contribution in [0.15, 0.2) is 78.1 Å². The van der Waals surface area contributed by atoms with Crippen molar-refractivity contribution < 1.29 is 40.0 Å². The molecule has 4 rings (SSSR count). The van der Waals surface area contributed by atoms with Crippen LogP contribution in [-0.4, -0.2) is 49.3 Å². The van der Waals surface area contributed by atoms with Gasteiger partial charge in [0.1, 0.15) is 11.4 Å². The number of amides is 1. The quantitative estimate of drug-likeness (QED) is 0.292. The van der Waals surface area contributed by atoms with Crippen molar-refractivity contribution in [3.63, 3.8) is 0 Å². The van der Waals surface area contributed by atoms with Gasteiger partial charge in [-0.1, -0.05) is 60.7 Å². The molecule has 0 aromatic heterocycles. The molecule has 210 valence electrons. The molecule has 1 amide bonds. The summed E-state index contributed by atoms with van der Waals surface area (Å²) in [5, 5.41) is 1.89. The predicted octanol–water partition coefficient (Wildman–Crippen LogP) is 6.54. The Labute approximate surface area is 225 Å². The lowest BCUT2D eigenvalue weighted by molar-refractivity contribution is -0.0532. The molecular formula is C28H30F3NO6S. The summed E-state index contributed by atoms with van der Waals surface area (Å²) in [5.41, 5.74) is -5.42. The second kappa shape index (κ2) is 10.7. The summed E-state index contributed by atoms with van der Waals surface area (Å²) in [6.45, 7) is 6.86. The van der Waals surface area contributed by atoms with Gasteiger partial charge in [0.15, 0.2) is 0 Å². The number of halogens is 3. The van der Waals surface area contributed by atoms with Crippen molar-refractivity contribution in [2.24, 2.45) is 0 Å². The lowest BCUT2D eigenvalue weighted by Gasteiger charge is -2.37. The molecule has 7 nitrogen and oxygen atoms in total. The molecule has 1 unspecified atom stereocenters. The molecule has 3 atom stereocenters. The van der Waals surface area contributed by atoms with Crippen LogP contribution in [0.4, 0.5) is 18.0 Å². The van der Waals surface area contributed by atoms with Crippen LogP contribution in [0.2, 0.25) is 0 Å². The smallest absolute Gasteiger partial charge is 0.444 e. The summed E-state index contributed by atoms with van der Waals surface area (Å²) in [6.07, 6.45) is 3.85. The van der Waals surface area contributed by atoms with Crippen molar-refractivity contribution in [2.45, 2.75) is 63.5 Å². The lowest BCUT2D eigenvalue weighted by Crippen LogP contribution is -2.45. The third-order valence-corrected chi connectivity index (χ3v) is 7.26. The highest BCUT2D eigenvalue weighted by Crippen LogP contribution is 2.37. The Hall–Kier alpha value is -3.31. The van der Waals surface area contributed by atoms with Gasteiger partial charge in [0.05, 0.1) is 24.8 Å². The van der Waals surface area contributed by atoms with Crippen LogP contribution in [0.5, 0.6) is 0 Å². The number of fused-ring (bicyclic) bond motifs is 2. The fraction of sp³-hybridized carbons (Fsp3) is 0.393. The number of ether oxygens (including phenoxy) is 2. The van der Waals surface area contributed by atoms with E-state index in [9.17, 15) is 26.4 Å². The first kappa shape index (κ1) is 28.7. The molecule has 2 aliphatic rings. The number of carbonyl (C=O) groups excluding carboxylic acids is 1. The second-order valence-corrected chi connectivity index (χ2v) is 11.9. The van der Waals surface area contributed by atoms with Gasteiger partial charge in [0.25, 0.3) is 0 Å². The number of hydrogen-bond donors (Lipinski definition) is 0. The van der Waals surface area contributed by atoms with E-state index in [-0.39, 0.29) is 12.1 Å². The van der Waals surface area contributed by atoms with Crippen molar-refractivity contribution in [3.05, 3.63) is 83.7 Å². The lowest BCUT2D eigenvalue weighted by atomic mass is 9.95. The first-order valence-electron chi connectivity index (χ1n) is 12.4. The maximum atomic E-state index is 13.4. The normalized spacial score (nSPS) is 20.5. The molecule has 0 N–H and O–H groups in total. The molecule has 1 aliphatic carbocycles. The highest BCUT2D eigenvalue weighted by molar-refractivity contribution is 7.87. The topological polar surface area (TPSA) is 82.1 Å². The number of carbonyl (C=O) groups is 1. The fourth-order valence-electron chi connectivity index (χ4n) is 4.52. The molecule has 0 fully saturated rings. The van der Waals surface area contributed by atoms with Crippen LogP contribution in [0, 0.1) is 0 Å². The Morgan fingerprint density at radius 2 is 1.82 bits per heavy atom. The number of nitrogens with zero attached hydrogens (tertiary/aromatic N) is 1. The summed E-state index contributed by atoms with van der Waals surface area (Å²) in [5.74, 6) is -0.472. The van der Waals surface area contributed by atoms with E-state index in [1.54, 1.807) is 32.9 Å². The zero-order valence-electron chi connectivity index (χ0n) is 21.9. The van der Waals surface area contributed by atoms with Gasteiger partial charge in [0.2, 0.25) is 0 Å². The summed E-state index contributed by atoms with van der Waals surface area (Å²) in [6, 6.07) is 12.9. The van der Waals surface area contributed by atoms with E-state index in [2.05, 4.69) is 4.18 Å². The third-order valence-electron chi connectivity index (χ3n) is 6.30. The molecule has 0 bridgehead atoms. The molecule has 0 saturated carbocycles. The minimum absolute atomic E-state index is 0.133.